The fraction of sp³-hybridized carbons (Fsp3) is 0.379. The molecule has 0 N–H and O–H groups in total. The molecule has 0 atom stereocenters. The molecule has 0 bridgehead atoms. The molecule has 0 spiro atoms. The van der Waals surface area contributed by atoms with Gasteiger partial charge in [0.05, 0.1) is 34.1 Å². The lowest BCUT2D eigenvalue weighted by molar-refractivity contribution is 0.586. The number of anilines is 6. The van der Waals surface area contributed by atoms with Gasteiger partial charge in [0, 0.05) is 38.5 Å². The van der Waals surface area contributed by atoms with Crippen LogP contribution in [0.25, 0.3) is 11.1 Å². The zero-order valence-corrected chi connectivity index (χ0v) is 38.1. The molecule has 0 aliphatic carbocycles. The molecule has 0 aromatic heterocycles. The average molecular weight is 785 g/mol. The standard InChI is InChI=1S/C58H60N2/c1-55(2,3)45-23-37-17-33-13-31(14-34-18-38-24-46(56(4,5)6)28-42-21-41(27-45)51(37)59(49(33)34)52(38)42)32-15-35-19-39-25-47(57(7,8)9)29-43-22-44-30-48(58(10,11)12)26-40-20-36(16-32)50(35)60(53(39)43)54(40)44/h13-16,23-30H,17-22H2,1-12H3. The van der Waals surface area contributed by atoms with E-state index in [4.69, 9.17) is 0 Å². The molecule has 12 rings (SSSR count). The Balaban J connectivity index is 1.07. The van der Waals surface area contributed by atoms with Crippen molar-refractivity contribution in [1.82, 2.24) is 0 Å². The van der Waals surface area contributed by atoms with Crippen LogP contribution in [0.2, 0.25) is 0 Å². The van der Waals surface area contributed by atoms with E-state index in [-0.39, 0.29) is 21.7 Å². The first-order valence-corrected chi connectivity index (χ1v) is 22.8. The van der Waals surface area contributed by atoms with E-state index < -0.39 is 0 Å². The third kappa shape index (κ3) is 5.12. The first-order chi connectivity index (χ1) is 28.2. The monoisotopic (exact) mass is 784 g/mol. The lowest BCUT2D eigenvalue weighted by atomic mass is 9.74. The maximum absolute atomic E-state index is 2.72. The molecule has 302 valence electrons. The topological polar surface area (TPSA) is 6.48 Å². The number of rotatable bonds is 1. The van der Waals surface area contributed by atoms with Crippen LogP contribution in [0.3, 0.4) is 0 Å². The highest BCUT2D eigenvalue weighted by Crippen LogP contribution is 2.60. The summed E-state index contributed by atoms with van der Waals surface area (Å²) in [4.78, 5) is 5.43. The van der Waals surface area contributed by atoms with Crippen molar-refractivity contribution < 1.29 is 0 Å². The van der Waals surface area contributed by atoms with Crippen LogP contribution in [0.4, 0.5) is 34.1 Å². The van der Waals surface area contributed by atoms with E-state index in [9.17, 15) is 0 Å². The molecular formula is C58H60N2. The van der Waals surface area contributed by atoms with Crippen molar-refractivity contribution in [2.24, 2.45) is 0 Å². The molecule has 60 heavy (non-hydrogen) atoms. The molecular weight excluding hydrogens is 725 g/mol. The molecule has 6 heterocycles. The van der Waals surface area contributed by atoms with Crippen molar-refractivity contribution in [3.05, 3.63) is 162 Å². The molecule has 0 saturated heterocycles. The Bertz CT molecular complexity index is 2570. The maximum atomic E-state index is 2.72. The summed E-state index contributed by atoms with van der Waals surface area (Å²) in [5, 5.41) is 0. The molecule has 2 heteroatoms. The summed E-state index contributed by atoms with van der Waals surface area (Å²) in [7, 11) is 0. The quantitative estimate of drug-likeness (QED) is 0.164. The van der Waals surface area contributed by atoms with E-state index in [0.29, 0.717) is 0 Å². The fourth-order valence-electron chi connectivity index (χ4n) is 11.9. The van der Waals surface area contributed by atoms with Gasteiger partial charge in [-0.25, -0.2) is 0 Å². The van der Waals surface area contributed by atoms with Crippen LogP contribution >= 0.6 is 0 Å². The minimum absolute atomic E-state index is 0.0817. The van der Waals surface area contributed by atoms with Gasteiger partial charge in [-0.15, -0.1) is 0 Å². The predicted octanol–water partition coefficient (Wildman–Crippen LogP) is 14.9. The minimum Gasteiger partial charge on any atom is -0.309 e. The van der Waals surface area contributed by atoms with E-state index >= 15 is 0 Å². The lowest BCUT2D eigenvalue weighted by Gasteiger charge is -2.46. The van der Waals surface area contributed by atoms with Crippen LogP contribution in [0.5, 0.6) is 0 Å². The number of hydrogen-bond acceptors (Lipinski definition) is 2. The van der Waals surface area contributed by atoms with Gasteiger partial charge in [-0.2, -0.15) is 0 Å². The lowest BCUT2D eigenvalue weighted by Crippen LogP contribution is -2.31. The molecule has 6 aliphatic rings. The minimum atomic E-state index is 0.0817. The maximum Gasteiger partial charge on any atom is 0.0533 e. The number of hydrogen-bond donors (Lipinski definition) is 0. The van der Waals surface area contributed by atoms with Crippen LogP contribution in [-0.2, 0) is 60.2 Å². The van der Waals surface area contributed by atoms with Crippen LogP contribution in [0.1, 0.15) is 172 Å². The molecule has 0 saturated carbocycles. The Morgan fingerprint density at radius 3 is 0.550 bits per heavy atom. The largest absolute Gasteiger partial charge is 0.309 e. The van der Waals surface area contributed by atoms with Gasteiger partial charge in [-0.1, -0.05) is 132 Å². The van der Waals surface area contributed by atoms with Gasteiger partial charge < -0.3 is 9.80 Å². The molecule has 0 fully saturated rings. The van der Waals surface area contributed by atoms with Crippen molar-refractivity contribution in [2.45, 2.75) is 143 Å². The van der Waals surface area contributed by atoms with Gasteiger partial charge in [-0.3, -0.25) is 0 Å². The summed E-state index contributed by atoms with van der Waals surface area (Å²) in [5.41, 5.74) is 35.4. The highest BCUT2D eigenvalue weighted by Gasteiger charge is 2.42. The Morgan fingerprint density at radius 2 is 0.400 bits per heavy atom. The van der Waals surface area contributed by atoms with Crippen molar-refractivity contribution in [2.75, 3.05) is 9.80 Å². The molecule has 2 nitrogen and oxygen atoms in total. The second-order valence-electron chi connectivity index (χ2n) is 23.6. The number of nitrogens with zero attached hydrogens (tertiary/aromatic N) is 2. The van der Waals surface area contributed by atoms with Gasteiger partial charge in [-0.05, 0) is 146 Å². The Morgan fingerprint density at radius 1 is 0.250 bits per heavy atom. The van der Waals surface area contributed by atoms with Crippen LogP contribution in [0, 0.1) is 0 Å². The SMILES string of the molecule is CC(C)(C)c1cc2c3c(c1)Cc1cc(C(C)(C)C)cc4c1N3c1c(cc(-c3cc5c6c(c3)Cc3cc(C(C)(C)C)cc7c3N6c3c(cc(C(C)(C)C)cc3C7)C5)cc1C4)C2. The van der Waals surface area contributed by atoms with Crippen molar-refractivity contribution in [1.29, 1.82) is 0 Å². The third-order valence-electron chi connectivity index (χ3n) is 15.0. The Labute approximate surface area is 358 Å². The highest BCUT2D eigenvalue weighted by atomic mass is 15.2. The summed E-state index contributed by atoms with van der Waals surface area (Å²) >= 11 is 0. The van der Waals surface area contributed by atoms with Gasteiger partial charge in [0.1, 0.15) is 0 Å². The van der Waals surface area contributed by atoms with Gasteiger partial charge in [0.2, 0.25) is 0 Å². The first-order valence-electron chi connectivity index (χ1n) is 22.8. The van der Waals surface area contributed by atoms with E-state index in [1.807, 2.05) is 0 Å². The number of benzene rings is 6. The summed E-state index contributed by atoms with van der Waals surface area (Å²) in [6, 6.07) is 30.7. The molecule has 6 aliphatic heterocycles. The summed E-state index contributed by atoms with van der Waals surface area (Å²) in [5.74, 6) is 0. The molecule has 0 unspecified atom stereocenters. The summed E-state index contributed by atoms with van der Waals surface area (Å²) < 4.78 is 0. The normalized spacial score (nSPS) is 16.2. The van der Waals surface area contributed by atoms with Crippen molar-refractivity contribution in [3.8, 4) is 11.1 Å². The molecule has 0 amide bonds. The second kappa shape index (κ2) is 11.4. The Kier molecular flexibility index (Phi) is 7.00. The van der Waals surface area contributed by atoms with Gasteiger partial charge >= 0.3 is 0 Å². The molecule has 6 aromatic carbocycles. The van der Waals surface area contributed by atoms with Gasteiger partial charge in [0.15, 0.2) is 0 Å². The summed E-state index contributed by atoms with van der Waals surface area (Å²) in [6.45, 7) is 28.5. The third-order valence-corrected chi connectivity index (χ3v) is 15.0. The predicted molar refractivity (Wildman–Crippen MR) is 253 cm³/mol. The van der Waals surface area contributed by atoms with Crippen LogP contribution in [0.15, 0.2) is 72.8 Å². The van der Waals surface area contributed by atoms with Gasteiger partial charge in [0.25, 0.3) is 0 Å². The van der Waals surface area contributed by atoms with E-state index in [2.05, 4.69) is 166 Å². The van der Waals surface area contributed by atoms with E-state index in [1.165, 1.54) is 134 Å². The van der Waals surface area contributed by atoms with E-state index in [0.717, 1.165) is 38.5 Å². The first kappa shape index (κ1) is 36.7. The van der Waals surface area contributed by atoms with E-state index in [1.54, 1.807) is 0 Å². The molecule has 0 radical (unpaired) electrons. The van der Waals surface area contributed by atoms with Crippen LogP contribution < -0.4 is 9.80 Å². The zero-order chi connectivity index (χ0) is 41.7. The second-order valence-corrected chi connectivity index (χ2v) is 23.6. The Hall–Kier alpha value is -5.08. The van der Waals surface area contributed by atoms with Crippen molar-refractivity contribution in [3.63, 3.8) is 0 Å². The zero-order valence-electron chi connectivity index (χ0n) is 38.1. The summed E-state index contributed by atoms with van der Waals surface area (Å²) in [6.07, 6.45) is 5.94. The fourth-order valence-corrected chi connectivity index (χ4v) is 11.9. The average Bonchev–Trinajstić information content (AvgIpc) is 3.15. The van der Waals surface area contributed by atoms with Crippen LogP contribution in [-0.4, -0.2) is 0 Å². The smallest absolute Gasteiger partial charge is 0.0533 e. The van der Waals surface area contributed by atoms with Crippen molar-refractivity contribution >= 4 is 34.1 Å². The molecule has 6 aromatic rings. The highest BCUT2D eigenvalue weighted by molar-refractivity contribution is 5.98.